The van der Waals surface area contributed by atoms with Crippen molar-refractivity contribution < 1.29 is 9.59 Å². The summed E-state index contributed by atoms with van der Waals surface area (Å²) < 4.78 is 0. The average molecular weight is 395 g/mol. The molecule has 0 saturated heterocycles. The summed E-state index contributed by atoms with van der Waals surface area (Å²) in [6.07, 6.45) is 22.3. The summed E-state index contributed by atoms with van der Waals surface area (Å²) in [6, 6.07) is 0. The molecule has 0 aliphatic carbocycles. The minimum Gasteiger partial charge on any atom is -0.262 e. The standard InChI is InChI=1S/C22H42N4O2/c1-3-5-7-9-11-13-15-17-19-23-25-21(27)22(28)26-24-20-18-16-14-12-10-8-6-4-2/h19-20H,3-18H2,1-2H3,(H,25,27)(H,26,28)/b23-19-,24-20-. The Labute approximate surface area is 172 Å². The molecule has 0 aromatic carbocycles. The van der Waals surface area contributed by atoms with Gasteiger partial charge in [0.05, 0.1) is 0 Å². The van der Waals surface area contributed by atoms with Crippen LogP contribution < -0.4 is 10.9 Å². The van der Waals surface area contributed by atoms with E-state index in [0.29, 0.717) is 0 Å². The summed E-state index contributed by atoms with van der Waals surface area (Å²) in [7, 11) is 0. The second kappa shape index (κ2) is 21.6. The van der Waals surface area contributed by atoms with Crippen LogP contribution in [0.3, 0.4) is 0 Å². The van der Waals surface area contributed by atoms with Gasteiger partial charge in [0.15, 0.2) is 0 Å². The first-order valence-corrected chi connectivity index (χ1v) is 11.4. The summed E-state index contributed by atoms with van der Waals surface area (Å²) in [5.74, 6) is -1.58. The van der Waals surface area contributed by atoms with Crippen LogP contribution >= 0.6 is 0 Å². The minimum atomic E-state index is -0.788. The van der Waals surface area contributed by atoms with Gasteiger partial charge in [0.2, 0.25) is 0 Å². The molecule has 162 valence electrons. The monoisotopic (exact) mass is 394 g/mol. The molecule has 0 bridgehead atoms. The van der Waals surface area contributed by atoms with Gasteiger partial charge in [0, 0.05) is 12.4 Å². The molecule has 0 spiro atoms. The molecule has 28 heavy (non-hydrogen) atoms. The topological polar surface area (TPSA) is 82.9 Å². The van der Waals surface area contributed by atoms with E-state index >= 15 is 0 Å². The van der Waals surface area contributed by atoms with Crippen molar-refractivity contribution in [3.05, 3.63) is 0 Å². The molecule has 0 saturated carbocycles. The van der Waals surface area contributed by atoms with Crippen molar-refractivity contribution in [1.29, 1.82) is 0 Å². The summed E-state index contributed by atoms with van der Waals surface area (Å²) in [5, 5.41) is 7.60. The van der Waals surface area contributed by atoms with Crippen molar-refractivity contribution in [3.63, 3.8) is 0 Å². The van der Waals surface area contributed by atoms with Gasteiger partial charge in [-0.05, 0) is 25.7 Å². The van der Waals surface area contributed by atoms with Crippen LogP contribution in [0.5, 0.6) is 0 Å². The number of hydrogen-bond acceptors (Lipinski definition) is 4. The molecule has 0 unspecified atom stereocenters. The zero-order chi connectivity index (χ0) is 20.7. The molecule has 2 N–H and O–H groups in total. The SMILES string of the molecule is CCCCCCCCC/C=N\NC(=O)C(=O)N/N=C\CCCCCCCCC. The molecule has 6 heteroatoms. The first kappa shape index (κ1) is 26.3. The second-order valence-corrected chi connectivity index (χ2v) is 7.33. The summed E-state index contributed by atoms with van der Waals surface area (Å²) in [4.78, 5) is 23.1. The average Bonchev–Trinajstić information content (AvgIpc) is 2.70. The molecule has 0 radical (unpaired) electrons. The van der Waals surface area contributed by atoms with Crippen molar-refractivity contribution >= 4 is 24.2 Å². The predicted molar refractivity (Wildman–Crippen MR) is 118 cm³/mol. The lowest BCUT2D eigenvalue weighted by molar-refractivity contribution is -0.139. The van der Waals surface area contributed by atoms with Crippen LogP contribution in [0.15, 0.2) is 10.2 Å². The van der Waals surface area contributed by atoms with Crippen molar-refractivity contribution in [2.75, 3.05) is 0 Å². The Balaban J connectivity index is 3.53. The summed E-state index contributed by atoms with van der Waals surface area (Å²) in [6.45, 7) is 4.43. The Morgan fingerprint density at radius 2 is 0.893 bits per heavy atom. The molecule has 0 rings (SSSR count). The van der Waals surface area contributed by atoms with Crippen LogP contribution in [0.25, 0.3) is 0 Å². The second-order valence-electron chi connectivity index (χ2n) is 7.33. The first-order chi connectivity index (χ1) is 13.7. The van der Waals surface area contributed by atoms with Gasteiger partial charge < -0.3 is 0 Å². The molecule has 6 nitrogen and oxygen atoms in total. The Kier molecular flexibility index (Phi) is 20.3. The van der Waals surface area contributed by atoms with Crippen molar-refractivity contribution in [2.24, 2.45) is 10.2 Å². The third-order valence-electron chi connectivity index (χ3n) is 4.59. The molecular weight excluding hydrogens is 352 g/mol. The van der Waals surface area contributed by atoms with E-state index in [0.717, 1.165) is 25.7 Å². The van der Waals surface area contributed by atoms with Crippen molar-refractivity contribution in [2.45, 2.75) is 117 Å². The highest BCUT2D eigenvalue weighted by molar-refractivity contribution is 6.35. The maximum Gasteiger partial charge on any atom is 0.331 e. The number of carbonyl (C=O) groups excluding carboxylic acids is 2. The van der Waals surface area contributed by atoms with E-state index in [9.17, 15) is 9.59 Å². The highest BCUT2D eigenvalue weighted by atomic mass is 16.2. The molecule has 0 aliphatic rings. The predicted octanol–water partition coefficient (Wildman–Crippen LogP) is 5.47. The maximum absolute atomic E-state index is 11.6. The molecule has 0 heterocycles. The van der Waals surface area contributed by atoms with E-state index in [1.807, 2.05) is 0 Å². The van der Waals surface area contributed by atoms with E-state index in [2.05, 4.69) is 34.9 Å². The zero-order valence-electron chi connectivity index (χ0n) is 18.2. The molecule has 0 atom stereocenters. The summed E-state index contributed by atoms with van der Waals surface area (Å²) >= 11 is 0. The van der Waals surface area contributed by atoms with Gasteiger partial charge in [-0.2, -0.15) is 10.2 Å². The third kappa shape index (κ3) is 19.1. The smallest absolute Gasteiger partial charge is 0.262 e. The van der Waals surface area contributed by atoms with Gasteiger partial charge in [-0.15, -0.1) is 0 Å². The third-order valence-corrected chi connectivity index (χ3v) is 4.59. The van der Waals surface area contributed by atoms with Gasteiger partial charge >= 0.3 is 11.8 Å². The Bertz CT molecular complexity index is 396. The quantitative estimate of drug-likeness (QED) is 0.140. The Morgan fingerprint density at radius 3 is 1.25 bits per heavy atom. The molecular formula is C22H42N4O2. The normalized spacial score (nSPS) is 11.4. The van der Waals surface area contributed by atoms with Crippen LogP contribution in [-0.2, 0) is 9.59 Å². The Hall–Kier alpha value is -1.72. The fourth-order valence-electron chi connectivity index (χ4n) is 2.82. The molecule has 0 aliphatic heterocycles. The minimum absolute atomic E-state index is 0.788. The maximum atomic E-state index is 11.6. The fraction of sp³-hybridized carbons (Fsp3) is 0.818. The van der Waals surface area contributed by atoms with E-state index in [4.69, 9.17) is 0 Å². The van der Waals surface area contributed by atoms with Crippen LogP contribution in [0.4, 0.5) is 0 Å². The lowest BCUT2D eigenvalue weighted by atomic mass is 10.1. The lowest BCUT2D eigenvalue weighted by Crippen LogP contribution is -2.35. The van der Waals surface area contributed by atoms with Crippen LogP contribution in [-0.4, -0.2) is 24.2 Å². The van der Waals surface area contributed by atoms with Crippen LogP contribution in [0.2, 0.25) is 0 Å². The van der Waals surface area contributed by atoms with Gasteiger partial charge in [-0.1, -0.05) is 90.9 Å². The first-order valence-electron chi connectivity index (χ1n) is 11.4. The van der Waals surface area contributed by atoms with E-state index in [1.54, 1.807) is 12.4 Å². The van der Waals surface area contributed by atoms with Gasteiger partial charge in [-0.3, -0.25) is 9.59 Å². The van der Waals surface area contributed by atoms with Crippen molar-refractivity contribution in [3.8, 4) is 0 Å². The highest BCUT2D eigenvalue weighted by Gasteiger charge is 2.10. The van der Waals surface area contributed by atoms with E-state index in [-0.39, 0.29) is 0 Å². The van der Waals surface area contributed by atoms with E-state index < -0.39 is 11.8 Å². The van der Waals surface area contributed by atoms with Crippen molar-refractivity contribution in [1.82, 2.24) is 10.9 Å². The number of carbonyl (C=O) groups is 2. The van der Waals surface area contributed by atoms with Gasteiger partial charge in [0.25, 0.3) is 0 Å². The molecule has 0 aromatic heterocycles. The van der Waals surface area contributed by atoms with Crippen LogP contribution in [0.1, 0.15) is 117 Å². The zero-order valence-corrected chi connectivity index (χ0v) is 18.2. The fourth-order valence-corrected chi connectivity index (χ4v) is 2.82. The number of unbranched alkanes of at least 4 members (excludes halogenated alkanes) is 14. The van der Waals surface area contributed by atoms with E-state index in [1.165, 1.54) is 77.0 Å². The lowest BCUT2D eigenvalue weighted by Gasteiger charge is -2.00. The van der Waals surface area contributed by atoms with Gasteiger partial charge in [0.1, 0.15) is 0 Å². The molecule has 0 aromatic rings. The summed E-state index contributed by atoms with van der Waals surface area (Å²) in [5.41, 5.74) is 4.46. The number of nitrogens with one attached hydrogen (secondary N) is 2. The molecule has 2 amide bonds. The number of amides is 2. The number of rotatable bonds is 18. The largest absolute Gasteiger partial charge is 0.331 e. The highest BCUT2D eigenvalue weighted by Crippen LogP contribution is 2.08. The molecule has 0 fully saturated rings. The number of nitrogens with zero attached hydrogens (tertiary/aromatic N) is 2. The van der Waals surface area contributed by atoms with Gasteiger partial charge in [-0.25, -0.2) is 10.9 Å². The Morgan fingerprint density at radius 1 is 0.571 bits per heavy atom. The van der Waals surface area contributed by atoms with Crippen LogP contribution in [0, 0.1) is 0 Å². The number of hydrazone groups is 2. The number of hydrogen-bond donors (Lipinski definition) is 2.